The molecule has 0 aliphatic heterocycles. The molecule has 0 saturated heterocycles. The Bertz CT molecular complexity index is 670. The Balaban J connectivity index is 2.04. The van der Waals surface area contributed by atoms with E-state index in [2.05, 4.69) is 5.32 Å². The zero-order valence-corrected chi connectivity index (χ0v) is 11.3. The molecule has 0 radical (unpaired) electrons. The lowest BCUT2D eigenvalue weighted by Crippen LogP contribution is -2.07. The molecular weight excluding hydrogens is 280 g/mol. The maximum atomic E-state index is 11.7. The quantitative estimate of drug-likeness (QED) is 0.870. The molecule has 1 N–H and O–H groups in total. The standard InChI is InChI=1S/C14H9ClN2OS/c15-12-3-1-2-10(8-12)4-5-13(18)17-14-11(9-16)6-7-19-14/h1-8H,(H,17,18)/b5-4+. The Kier molecular flexibility index (Phi) is 4.35. The van der Waals surface area contributed by atoms with Crippen molar-refractivity contribution < 1.29 is 4.79 Å². The van der Waals surface area contributed by atoms with E-state index in [9.17, 15) is 4.79 Å². The first-order valence-corrected chi connectivity index (χ1v) is 6.67. The van der Waals surface area contributed by atoms with E-state index < -0.39 is 0 Å². The van der Waals surface area contributed by atoms with Gasteiger partial charge in [-0.3, -0.25) is 4.79 Å². The molecule has 0 unspecified atom stereocenters. The predicted molar refractivity (Wildman–Crippen MR) is 78.1 cm³/mol. The fourth-order valence-corrected chi connectivity index (χ4v) is 2.37. The molecule has 5 heteroatoms. The highest BCUT2D eigenvalue weighted by Crippen LogP contribution is 2.22. The fraction of sp³-hybridized carbons (Fsp3) is 0. The average Bonchev–Trinajstić information content (AvgIpc) is 2.84. The minimum absolute atomic E-state index is 0.279. The van der Waals surface area contributed by atoms with Gasteiger partial charge in [0.15, 0.2) is 0 Å². The first-order chi connectivity index (χ1) is 9.19. The molecule has 19 heavy (non-hydrogen) atoms. The molecule has 0 bridgehead atoms. The van der Waals surface area contributed by atoms with Crippen molar-refractivity contribution in [3.63, 3.8) is 0 Å². The summed E-state index contributed by atoms with van der Waals surface area (Å²) in [5.74, 6) is -0.279. The van der Waals surface area contributed by atoms with E-state index in [-0.39, 0.29) is 5.91 Å². The molecule has 2 rings (SSSR count). The molecule has 1 amide bonds. The average molecular weight is 289 g/mol. The van der Waals surface area contributed by atoms with E-state index in [4.69, 9.17) is 16.9 Å². The third-order valence-electron chi connectivity index (χ3n) is 2.30. The number of nitrogens with one attached hydrogen (secondary N) is 1. The summed E-state index contributed by atoms with van der Waals surface area (Å²) in [6, 6.07) is 10.9. The first kappa shape index (κ1) is 13.3. The van der Waals surface area contributed by atoms with Crippen molar-refractivity contribution >= 4 is 39.9 Å². The molecule has 0 atom stereocenters. The number of carbonyl (C=O) groups is 1. The maximum Gasteiger partial charge on any atom is 0.249 e. The van der Waals surface area contributed by atoms with Crippen LogP contribution >= 0.6 is 22.9 Å². The van der Waals surface area contributed by atoms with Crippen LogP contribution in [0.3, 0.4) is 0 Å². The van der Waals surface area contributed by atoms with Crippen molar-refractivity contribution in [2.24, 2.45) is 0 Å². The number of anilines is 1. The normalized spacial score (nSPS) is 10.3. The fourth-order valence-electron chi connectivity index (χ4n) is 1.43. The van der Waals surface area contributed by atoms with Gasteiger partial charge in [-0.25, -0.2) is 0 Å². The van der Waals surface area contributed by atoms with Crippen molar-refractivity contribution in [2.45, 2.75) is 0 Å². The second-order valence-corrected chi connectivity index (χ2v) is 5.01. The molecule has 94 valence electrons. The molecule has 1 aromatic heterocycles. The number of nitriles is 1. The second kappa shape index (κ2) is 6.19. The Hall–Kier alpha value is -2.09. The van der Waals surface area contributed by atoms with Crippen molar-refractivity contribution in [3.05, 3.63) is 57.9 Å². The number of rotatable bonds is 3. The molecule has 0 fully saturated rings. The second-order valence-electron chi connectivity index (χ2n) is 3.65. The Morgan fingerprint density at radius 1 is 1.42 bits per heavy atom. The molecule has 1 heterocycles. The van der Waals surface area contributed by atoms with Gasteiger partial charge in [0.2, 0.25) is 5.91 Å². The first-order valence-electron chi connectivity index (χ1n) is 5.41. The molecule has 0 spiro atoms. The van der Waals surface area contributed by atoms with Crippen LogP contribution in [0.25, 0.3) is 6.08 Å². The number of amides is 1. The van der Waals surface area contributed by atoms with E-state index in [0.29, 0.717) is 15.6 Å². The number of halogens is 1. The Morgan fingerprint density at radius 3 is 3.00 bits per heavy atom. The monoisotopic (exact) mass is 288 g/mol. The van der Waals surface area contributed by atoms with E-state index >= 15 is 0 Å². The van der Waals surface area contributed by atoms with Gasteiger partial charge in [-0.15, -0.1) is 11.3 Å². The summed E-state index contributed by atoms with van der Waals surface area (Å²) in [5, 5.41) is 14.4. The highest BCUT2D eigenvalue weighted by Gasteiger charge is 2.05. The van der Waals surface area contributed by atoms with Crippen LogP contribution in [0.2, 0.25) is 5.02 Å². The van der Waals surface area contributed by atoms with Gasteiger partial charge < -0.3 is 5.32 Å². The largest absolute Gasteiger partial charge is 0.313 e. The SMILES string of the molecule is N#Cc1ccsc1NC(=O)/C=C/c1cccc(Cl)c1. The van der Waals surface area contributed by atoms with Crippen molar-refractivity contribution in [2.75, 3.05) is 5.32 Å². The zero-order valence-electron chi connectivity index (χ0n) is 9.76. The molecule has 3 nitrogen and oxygen atoms in total. The summed E-state index contributed by atoms with van der Waals surface area (Å²) >= 11 is 7.16. The van der Waals surface area contributed by atoms with E-state index in [1.54, 1.807) is 29.7 Å². The molecule has 2 aromatic rings. The topological polar surface area (TPSA) is 52.9 Å². The number of benzene rings is 1. The van der Waals surface area contributed by atoms with Gasteiger partial charge >= 0.3 is 0 Å². The van der Waals surface area contributed by atoms with Crippen LogP contribution in [0, 0.1) is 11.3 Å². The minimum atomic E-state index is -0.279. The smallest absolute Gasteiger partial charge is 0.249 e. The maximum absolute atomic E-state index is 11.7. The van der Waals surface area contributed by atoms with Gasteiger partial charge in [-0.05, 0) is 35.2 Å². The summed E-state index contributed by atoms with van der Waals surface area (Å²) < 4.78 is 0. The van der Waals surface area contributed by atoms with Crippen molar-refractivity contribution in [1.29, 1.82) is 5.26 Å². The van der Waals surface area contributed by atoms with Gasteiger partial charge in [-0.1, -0.05) is 23.7 Å². The van der Waals surface area contributed by atoms with Crippen LogP contribution < -0.4 is 5.32 Å². The van der Waals surface area contributed by atoms with Crippen LogP contribution in [0.5, 0.6) is 0 Å². The van der Waals surface area contributed by atoms with Gasteiger partial charge in [0, 0.05) is 11.1 Å². The molecule has 1 aromatic carbocycles. The molecule has 0 aliphatic carbocycles. The lowest BCUT2D eigenvalue weighted by molar-refractivity contribution is -0.111. The van der Waals surface area contributed by atoms with E-state index in [1.807, 2.05) is 18.2 Å². The minimum Gasteiger partial charge on any atom is -0.313 e. The van der Waals surface area contributed by atoms with Gasteiger partial charge in [0.1, 0.15) is 11.1 Å². The third kappa shape index (κ3) is 3.68. The lowest BCUT2D eigenvalue weighted by Gasteiger charge is -1.98. The highest BCUT2D eigenvalue weighted by atomic mass is 35.5. The number of hydrogen-bond donors (Lipinski definition) is 1. The van der Waals surface area contributed by atoms with Gasteiger partial charge in [0.05, 0.1) is 5.56 Å². The number of carbonyl (C=O) groups excluding carboxylic acids is 1. The van der Waals surface area contributed by atoms with E-state index in [1.165, 1.54) is 17.4 Å². The summed E-state index contributed by atoms with van der Waals surface area (Å²) in [6.45, 7) is 0. The third-order valence-corrected chi connectivity index (χ3v) is 3.36. The predicted octanol–water partition coefficient (Wildman–Crippen LogP) is 3.93. The molecule has 0 saturated carbocycles. The van der Waals surface area contributed by atoms with Crippen LogP contribution in [-0.2, 0) is 4.79 Å². The van der Waals surface area contributed by atoms with Crippen LogP contribution in [0.15, 0.2) is 41.8 Å². The summed E-state index contributed by atoms with van der Waals surface area (Å²) in [7, 11) is 0. The van der Waals surface area contributed by atoms with Crippen LogP contribution in [0.1, 0.15) is 11.1 Å². The summed E-state index contributed by atoms with van der Waals surface area (Å²) in [6.07, 6.45) is 3.08. The van der Waals surface area contributed by atoms with Crippen LogP contribution in [-0.4, -0.2) is 5.91 Å². The molecular formula is C14H9ClN2OS. The lowest BCUT2D eigenvalue weighted by atomic mass is 10.2. The Labute approximate surface area is 119 Å². The zero-order chi connectivity index (χ0) is 13.7. The summed E-state index contributed by atoms with van der Waals surface area (Å²) in [5.41, 5.74) is 1.31. The number of thiophene rings is 1. The van der Waals surface area contributed by atoms with Gasteiger partial charge in [-0.2, -0.15) is 5.26 Å². The number of nitrogens with zero attached hydrogens (tertiary/aromatic N) is 1. The Morgan fingerprint density at radius 2 is 2.26 bits per heavy atom. The molecule has 0 aliphatic rings. The van der Waals surface area contributed by atoms with E-state index in [0.717, 1.165) is 5.56 Å². The van der Waals surface area contributed by atoms with Crippen LogP contribution in [0.4, 0.5) is 5.00 Å². The number of hydrogen-bond acceptors (Lipinski definition) is 3. The van der Waals surface area contributed by atoms with Crippen molar-refractivity contribution in [3.8, 4) is 6.07 Å². The van der Waals surface area contributed by atoms with Gasteiger partial charge in [0.25, 0.3) is 0 Å². The summed E-state index contributed by atoms with van der Waals surface area (Å²) in [4.78, 5) is 11.7. The van der Waals surface area contributed by atoms with Crippen molar-refractivity contribution in [1.82, 2.24) is 0 Å². The highest BCUT2D eigenvalue weighted by molar-refractivity contribution is 7.14.